The number of rotatable bonds is 7. The molecule has 29 heavy (non-hydrogen) atoms. The first-order valence-corrected chi connectivity index (χ1v) is 10.7. The summed E-state index contributed by atoms with van der Waals surface area (Å²) >= 11 is 2.74. The Kier molecular flexibility index (Phi) is 6.84. The molecular formula is C20H21N5O2S2. The summed E-state index contributed by atoms with van der Waals surface area (Å²) in [4.78, 5) is 23.2. The molecule has 0 unspecified atom stereocenters. The van der Waals surface area contributed by atoms with E-state index in [1.54, 1.807) is 24.3 Å². The van der Waals surface area contributed by atoms with Crippen LogP contribution in [0.5, 0.6) is 0 Å². The van der Waals surface area contributed by atoms with Gasteiger partial charge in [-0.25, -0.2) is 0 Å². The van der Waals surface area contributed by atoms with Crippen LogP contribution >= 0.6 is 23.1 Å². The predicted octanol–water partition coefficient (Wildman–Crippen LogP) is 4.59. The summed E-state index contributed by atoms with van der Waals surface area (Å²) in [6.07, 6.45) is 0. The number of amides is 2. The Labute approximate surface area is 177 Å². The summed E-state index contributed by atoms with van der Waals surface area (Å²) in [5.41, 5.74) is 4.72. The summed E-state index contributed by atoms with van der Waals surface area (Å²) in [5.74, 6) is -0.0471. The van der Waals surface area contributed by atoms with Gasteiger partial charge in [-0.2, -0.15) is 0 Å². The number of hydrogen-bond acceptors (Lipinski definition) is 7. The highest BCUT2D eigenvalue weighted by molar-refractivity contribution is 8.01. The fourth-order valence-electron chi connectivity index (χ4n) is 2.48. The monoisotopic (exact) mass is 427 g/mol. The molecular weight excluding hydrogens is 406 g/mol. The van der Waals surface area contributed by atoms with Crippen LogP contribution < -0.4 is 16.0 Å². The fourth-order valence-corrected chi connectivity index (χ4v) is 4.05. The van der Waals surface area contributed by atoms with Crippen LogP contribution in [0.15, 0.2) is 46.8 Å². The molecule has 2 amide bonds. The van der Waals surface area contributed by atoms with Crippen LogP contribution in [0.4, 0.5) is 22.2 Å². The van der Waals surface area contributed by atoms with Gasteiger partial charge in [0.1, 0.15) is 0 Å². The summed E-state index contributed by atoms with van der Waals surface area (Å²) in [6, 6.07) is 13.0. The second-order valence-corrected chi connectivity index (χ2v) is 8.54. The Morgan fingerprint density at radius 1 is 1.00 bits per heavy atom. The van der Waals surface area contributed by atoms with Gasteiger partial charge in [0.2, 0.25) is 16.9 Å². The van der Waals surface area contributed by atoms with E-state index in [1.165, 1.54) is 41.1 Å². The molecule has 150 valence electrons. The molecule has 0 spiro atoms. The molecule has 0 bridgehead atoms. The number of benzene rings is 2. The van der Waals surface area contributed by atoms with Crippen molar-refractivity contribution in [3.63, 3.8) is 0 Å². The molecule has 0 saturated carbocycles. The number of nitrogens with zero attached hydrogens (tertiary/aromatic N) is 2. The lowest BCUT2D eigenvalue weighted by molar-refractivity contribution is -0.114. The number of nitrogens with one attached hydrogen (secondary N) is 3. The lowest BCUT2D eigenvalue weighted by atomic mass is 10.1. The molecule has 0 aliphatic heterocycles. The van der Waals surface area contributed by atoms with Gasteiger partial charge in [0, 0.05) is 24.0 Å². The van der Waals surface area contributed by atoms with Crippen molar-refractivity contribution in [1.82, 2.24) is 10.2 Å². The largest absolute Gasteiger partial charge is 0.330 e. The number of thioether (sulfide) groups is 1. The smallest absolute Gasteiger partial charge is 0.234 e. The van der Waals surface area contributed by atoms with E-state index in [0.717, 1.165) is 5.69 Å². The average Bonchev–Trinajstić information content (AvgIpc) is 3.12. The number of aryl methyl sites for hydroxylation is 1. The first-order chi connectivity index (χ1) is 13.9. The molecule has 0 fully saturated rings. The molecule has 0 aliphatic carbocycles. The molecule has 7 nitrogen and oxygen atoms in total. The van der Waals surface area contributed by atoms with Crippen LogP contribution in [-0.2, 0) is 9.59 Å². The van der Waals surface area contributed by atoms with Crippen LogP contribution in [0, 0.1) is 13.8 Å². The lowest BCUT2D eigenvalue weighted by Crippen LogP contribution is -2.14. The van der Waals surface area contributed by atoms with Gasteiger partial charge in [-0.3, -0.25) is 9.59 Å². The first-order valence-electron chi connectivity index (χ1n) is 8.88. The maximum absolute atomic E-state index is 12.2. The molecule has 1 heterocycles. The standard InChI is InChI=1S/C20H21N5O2S2/c1-12-5-4-6-17(13(12)2)23-19-24-25-20(29-19)28-11-18(27)22-16-9-7-15(8-10-16)21-14(3)26/h4-10H,11H2,1-3H3,(H,21,26)(H,22,27)(H,23,24). The Morgan fingerprint density at radius 2 is 1.69 bits per heavy atom. The molecule has 0 saturated heterocycles. The van der Waals surface area contributed by atoms with E-state index < -0.39 is 0 Å². The molecule has 0 radical (unpaired) electrons. The predicted molar refractivity (Wildman–Crippen MR) is 119 cm³/mol. The SMILES string of the molecule is CC(=O)Nc1ccc(NC(=O)CSc2nnc(Nc3cccc(C)c3C)s2)cc1. The number of carbonyl (C=O) groups is 2. The van der Waals surface area contributed by atoms with Gasteiger partial charge in [-0.1, -0.05) is 35.2 Å². The zero-order valence-corrected chi connectivity index (χ0v) is 17.9. The Bertz CT molecular complexity index is 1020. The highest BCUT2D eigenvalue weighted by Gasteiger charge is 2.10. The molecule has 3 rings (SSSR count). The van der Waals surface area contributed by atoms with E-state index >= 15 is 0 Å². The van der Waals surface area contributed by atoms with E-state index in [2.05, 4.69) is 46.1 Å². The summed E-state index contributed by atoms with van der Waals surface area (Å²) in [7, 11) is 0. The van der Waals surface area contributed by atoms with Gasteiger partial charge >= 0.3 is 0 Å². The van der Waals surface area contributed by atoms with Crippen LogP contribution in [0.1, 0.15) is 18.1 Å². The van der Waals surface area contributed by atoms with Gasteiger partial charge in [0.05, 0.1) is 5.75 Å². The highest BCUT2D eigenvalue weighted by Crippen LogP contribution is 2.29. The van der Waals surface area contributed by atoms with E-state index in [0.29, 0.717) is 20.8 Å². The maximum Gasteiger partial charge on any atom is 0.234 e. The van der Waals surface area contributed by atoms with Gasteiger partial charge in [0.25, 0.3) is 0 Å². The van der Waals surface area contributed by atoms with Crippen molar-refractivity contribution in [2.75, 3.05) is 21.7 Å². The average molecular weight is 428 g/mol. The van der Waals surface area contributed by atoms with Crippen LogP contribution in [0.25, 0.3) is 0 Å². The highest BCUT2D eigenvalue weighted by atomic mass is 32.2. The Balaban J connectivity index is 1.50. The van der Waals surface area contributed by atoms with Crippen LogP contribution in [-0.4, -0.2) is 27.8 Å². The van der Waals surface area contributed by atoms with Crippen LogP contribution in [0.3, 0.4) is 0 Å². The molecule has 0 atom stereocenters. The van der Waals surface area contributed by atoms with Gasteiger partial charge in [-0.15, -0.1) is 10.2 Å². The topological polar surface area (TPSA) is 96.0 Å². The number of aromatic nitrogens is 2. The maximum atomic E-state index is 12.2. The van der Waals surface area contributed by atoms with Crippen molar-refractivity contribution >= 4 is 57.1 Å². The summed E-state index contributed by atoms with van der Waals surface area (Å²) in [6.45, 7) is 5.57. The quantitative estimate of drug-likeness (QED) is 0.477. The third kappa shape index (κ3) is 6.03. The van der Waals surface area contributed by atoms with Crippen molar-refractivity contribution in [2.24, 2.45) is 0 Å². The second kappa shape index (κ2) is 9.53. The second-order valence-electron chi connectivity index (χ2n) is 6.34. The zero-order valence-electron chi connectivity index (χ0n) is 16.3. The van der Waals surface area contributed by atoms with Crippen molar-refractivity contribution in [2.45, 2.75) is 25.1 Å². The lowest BCUT2D eigenvalue weighted by Gasteiger charge is -2.08. The molecule has 2 aromatic carbocycles. The van der Waals surface area contributed by atoms with Gasteiger partial charge < -0.3 is 16.0 Å². The molecule has 3 N–H and O–H groups in total. The zero-order chi connectivity index (χ0) is 20.8. The van der Waals surface area contributed by atoms with Crippen molar-refractivity contribution < 1.29 is 9.59 Å². The van der Waals surface area contributed by atoms with E-state index in [-0.39, 0.29) is 17.6 Å². The molecule has 9 heteroatoms. The van der Waals surface area contributed by atoms with Gasteiger partial charge in [0.15, 0.2) is 4.34 Å². The summed E-state index contributed by atoms with van der Waals surface area (Å²) < 4.78 is 0.717. The molecule has 0 aliphatic rings. The minimum Gasteiger partial charge on any atom is -0.330 e. The minimum absolute atomic E-state index is 0.137. The number of anilines is 4. The molecule has 3 aromatic rings. The fraction of sp³-hybridized carbons (Fsp3) is 0.200. The number of hydrogen-bond donors (Lipinski definition) is 3. The van der Waals surface area contributed by atoms with Gasteiger partial charge in [-0.05, 0) is 55.3 Å². The number of carbonyl (C=O) groups excluding carboxylic acids is 2. The Morgan fingerprint density at radius 3 is 2.38 bits per heavy atom. The van der Waals surface area contributed by atoms with Crippen molar-refractivity contribution in [3.8, 4) is 0 Å². The third-order valence-electron chi connectivity index (χ3n) is 4.07. The van der Waals surface area contributed by atoms with E-state index in [4.69, 9.17) is 0 Å². The normalized spacial score (nSPS) is 10.4. The first kappa shape index (κ1) is 20.8. The van der Waals surface area contributed by atoms with E-state index in [9.17, 15) is 9.59 Å². The summed E-state index contributed by atoms with van der Waals surface area (Å²) in [5, 5.41) is 17.8. The van der Waals surface area contributed by atoms with Crippen LogP contribution in [0.2, 0.25) is 0 Å². The third-order valence-corrected chi connectivity index (χ3v) is 6.04. The minimum atomic E-state index is -0.137. The van der Waals surface area contributed by atoms with Crippen molar-refractivity contribution in [3.05, 3.63) is 53.6 Å². The Hall–Kier alpha value is -2.91. The van der Waals surface area contributed by atoms with E-state index in [1.807, 2.05) is 12.1 Å². The van der Waals surface area contributed by atoms with Crippen molar-refractivity contribution in [1.29, 1.82) is 0 Å². The molecule has 1 aromatic heterocycles.